The minimum absolute atomic E-state index is 0.0407. The molecule has 0 aliphatic carbocycles. The summed E-state index contributed by atoms with van der Waals surface area (Å²) in [4.78, 5) is 24.6. The molecular weight excluding hydrogens is 420 g/mol. The maximum atomic E-state index is 9.77. The number of benzene rings is 2. The molecule has 1 unspecified atom stereocenters. The number of para-hydroxylation sites is 2. The Kier molecular flexibility index (Phi) is 6.12. The van der Waals surface area contributed by atoms with Crippen molar-refractivity contribution in [1.82, 2.24) is 4.90 Å². The third kappa shape index (κ3) is 6.70. The highest BCUT2D eigenvalue weighted by molar-refractivity contribution is 7.99. The standard InChI is InChI=1S/C18H22N2S.C4H6O6/c1-14(12-19(2)3)13-20-15-8-4-6-10-17(15)21-18-11-7-5-9-16(18)20;5-1(3(7)8)2(6)4(9)10/h4-11,14H,12-13H2,1-3H3;1-2,5-6H,(H,7,8)(H,9,10)/t;1-,2-/m.1/s1/i2D3,3D3;. The number of carbonyl (C=O) groups is 2. The van der Waals surface area contributed by atoms with Gasteiger partial charge in [0.2, 0.25) is 0 Å². The lowest BCUT2D eigenvalue weighted by Crippen LogP contribution is -2.39. The van der Waals surface area contributed by atoms with Gasteiger partial charge in [-0.25, -0.2) is 9.59 Å². The molecule has 8 nitrogen and oxygen atoms in total. The second-order valence-corrected chi connectivity index (χ2v) is 8.01. The molecule has 0 saturated carbocycles. The molecule has 3 atom stereocenters. The van der Waals surface area contributed by atoms with Crippen molar-refractivity contribution in [1.29, 1.82) is 0 Å². The number of aliphatic hydroxyl groups is 2. The molecule has 1 aliphatic heterocycles. The summed E-state index contributed by atoms with van der Waals surface area (Å²) in [5.74, 6) is -3.71. The third-order valence-corrected chi connectivity index (χ3v) is 5.46. The predicted octanol–water partition coefficient (Wildman–Crippen LogP) is 2.36. The fourth-order valence-corrected chi connectivity index (χ4v) is 4.02. The van der Waals surface area contributed by atoms with Crippen LogP contribution < -0.4 is 4.90 Å². The highest BCUT2D eigenvalue weighted by Crippen LogP contribution is 2.47. The van der Waals surface area contributed by atoms with Crippen molar-refractivity contribution in [3.05, 3.63) is 48.5 Å². The summed E-state index contributed by atoms with van der Waals surface area (Å²) in [6, 6.07) is 16.1. The van der Waals surface area contributed by atoms with Gasteiger partial charge in [0.15, 0.2) is 12.2 Å². The van der Waals surface area contributed by atoms with E-state index in [-0.39, 0.29) is 12.5 Å². The minimum atomic E-state index is -2.66. The first-order valence-corrected chi connectivity index (χ1v) is 10.1. The zero-order valence-electron chi connectivity index (χ0n) is 22.7. The molecule has 4 N–H and O–H groups in total. The van der Waals surface area contributed by atoms with Crippen LogP contribution in [0.4, 0.5) is 11.4 Å². The Morgan fingerprint density at radius 3 is 1.84 bits per heavy atom. The summed E-state index contributed by atoms with van der Waals surface area (Å²) in [5, 5.41) is 32.5. The first-order valence-electron chi connectivity index (χ1n) is 12.3. The molecule has 0 aromatic heterocycles. The Hall–Kier alpha value is -2.59. The van der Waals surface area contributed by atoms with Crippen molar-refractivity contribution >= 4 is 35.1 Å². The second-order valence-electron chi connectivity index (χ2n) is 6.93. The number of anilines is 2. The molecule has 3 rings (SSSR count). The number of aliphatic hydroxyl groups excluding tert-OH is 2. The van der Waals surface area contributed by atoms with E-state index < -0.39 is 38.1 Å². The van der Waals surface area contributed by atoms with Crippen LogP contribution in [0.15, 0.2) is 58.3 Å². The van der Waals surface area contributed by atoms with E-state index >= 15 is 0 Å². The maximum Gasteiger partial charge on any atom is 0.335 e. The van der Waals surface area contributed by atoms with Crippen LogP contribution >= 0.6 is 11.8 Å². The van der Waals surface area contributed by atoms with Crippen LogP contribution in [-0.4, -0.2) is 76.5 Å². The van der Waals surface area contributed by atoms with Crippen LogP contribution in [0.1, 0.15) is 15.1 Å². The molecule has 0 bridgehead atoms. The molecule has 0 spiro atoms. The van der Waals surface area contributed by atoms with E-state index in [2.05, 4.69) is 17.0 Å². The number of rotatable bonds is 7. The van der Waals surface area contributed by atoms with E-state index in [9.17, 15) is 9.59 Å². The summed E-state index contributed by atoms with van der Waals surface area (Å²) in [6.45, 7) is -2.95. The van der Waals surface area contributed by atoms with E-state index in [0.29, 0.717) is 11.4 Å². The zero-order valence-corrected chi connectivity index (χ0v) is 17.5. The molecule has 168 valence electrons. The van der Waals surface area contributed by atoms with Gasteiger partial charge in [-0.1, -0.05) is 43.0 Å². The number of hydrogen-bond donors (Lipinski definition) is 4. The van der Waals surface area contributed by atoms with Crippen LogP contribution in [0.25, 0.3) is 0 Å². The number of hydrogen-bond acceptors (Lipinski definition) is 7. The van der Waals surface area contributed by atoms with E-state index in [1.165, 1.54) is 0 Å². The third-order valence-electron chi connectivity index (χ3n) is 4.33. The van der Waals surface area contributed by atoms with Gasteiger partial charge in [0.05, 0.1) is 11.4 Å². The van der Waals surface area contributed by atoms with Crippen molar-refractivity contribution in [2.24, 2.45) is 5.92 Å². The fraction of sp³-hybridized carbons (Fsp3) is 0.364. The van der Waals surface area contributed by atoms with Gasteiger partial charge in [0, 0.05) is 31.1 Å². The van der Waals surface area contributed by atoms with E-state index in [1.54, 1.807) is 11.8 Å². The first-order chi connectivity index (χ1) is 17.0. The highest BCUT2D eigenvalue weighted by Gasteiger charge is 2.29. The predicted molar refractivity (Wildman–Crippen MR) is 119 cm³/mol. The van der Waals surface area contributed by atoms with Gasteiger partial charge in [0.1, 0.15) is 0 Å². The summed E-state index contributed by atoms with van der Waals surface area (Å²) >= 11 is 1.70. The van der Waals surface area contributed by atoms with Crippen molar-refractivity contribution in [3.8, 4) is 0 Å². The average molecular weight is 455 g/mol. The molecule has 0 saturated heterocycles. The minimum Gasteiger partial charge on any atom is -0.479 e. The van der Waals surface area contributed by atoms with Gasteiger partial charge >= 0.3 is 11.9 Å². The molecule has 1 aliphatic rings. The fourth-order valence-electron chi connectivity index (χ4n) is 2.93. The van der Waals surface area contributed by atoms with Crippen LogP contribution in [0.3, 0.4) is 0 Å². The normalized spacial score (nSPS) is 18.8. The maximum absolute atomic E-state index is 9.77. The van der Waals surface area contributed by atoms with Gasteiger partial charge in [-0.2, -0.15) is 0 Å². The molecule has 1 heterocycles. The Balaban J connectivity index is 0.000000410. The van der Waals surface area contributed by atoms with Gasteiger partial charge in [0.25, 0.3) is 0 Å². The number of carboxylic acids is 2. The monoisotopic (exact) mass is 454 g/mol. The summed E-state index contributed by atoms with van der Waals surface area (Å²) in [6.07, 6.45) is -4.53. The van der Waals surface area contributed by atoms with E-state index in [4.69, 9.17) is 28.7 Å². The number of aliphatic carboxylic acids is 2. The Bertz CT molecular complexity index is 1020. The zero-order chi connectivity index (χ0) is 28.1. The largest absolute Gasteiger partial charge is 0.479 e. The average Bonchev–Trinajstić information content (AvgIpc) is 2.80. The van der Waals surface area contributed by atoms with Gasteiger partial charge in [-0.15, -0.1) is 0 Å². The number of carboxylic acid groups (broad SMARTS) is 2. The van der Waals surface area contributed by atoms with Crippen molar-refractivity contribution in [2.45, 2.75) is 28.9 Å². The molecule has 9 heteroatoms. The molecule has 0 radical (unpaired) electrons. The Labute approximate surface area is 194 Å². The van der Waals surface area contributed by atoms with Crippen LogP contribution in [-0.2, 0) is 9.59 Å². The van der Waals surface area contributed by atoms with E-state index in [1.807, 2.05) is 43.3 Å². The van der Waals surface area contributed by atoms with E-state index in [0.717, 1.165) is 21.2 Å². The Morgan fingerprint density at radius 1 is 0.968 bits per heavy atom. The van der Waals surface area contributed by atoms with Crippen molar-refractivity contribution in [2.75, 3.05) is 31.9 Å². The quantitative estimate of drug-likeness (QED) is 0.499. The van der Waals surface area contributed by atoms with Gasteiger partial charge in [-0.3, -0.25) is 0 Å². The van der Waals surface area contributed by atoms with Crippen molar-refractivity contribution < 1.29 is 38.2 Å². The molecule has 31 heavy (non-hydrogen) atoms. The molecule has 2 aromatic rings. The summed E-state index contributed by atoms with van der Waals surface area (Å²) < 4.78 is 45.4. The lowest BCUT2D eigenvalue weighted by Gasteiger charge is -2.35. The topological polar surface area (TPSA) is 122 Å². The molecule has 0 amide bonds. The lowest BCUT2D eigenvalue weighted by molar-refractivity contribution is -0.165. The van der Waals surface area contributed by atoms with Gasteiger partial charge < -0.3 is 30.2 Å². The number of fused-ring (bicyclic) bond motifs is 2. The molecule has 2 aromatic carbocycles. The molecular formula is C22H28N2O6S. The summed E-state index contributed by atoms with van der Waals surface area (Å²) in [7, 11) is 0. The smallest absolute Gasteiger partial charge is 0.335 e. The van der Waals surface area contributed by atoms with Crippen molar-refractivity contribution in [3.63, 3.8) is 0 Å². The second kappa shape index (κ2) is 11.1. The van der Waals surface area contributed by atoms with Crippen LogP contribution in [0.2, 0.25) is 0 Å². The molecule has 0 fully saturated rings. The summed E-state index contributed by atoms with van der Waals surface area (Å²) in [5.41, 5.74) is 2.12. The lowest BCUT2D eigenvalue weighted by atomic mass is 10.1. The number of nitrogens with zero attached hydrogens (tertiary/aromatic N) is 2. The van der Waals surface area contributed by atoms with Crippen LogP contribution in [0.5, 0.6) is 0 Å². The highest BCUT2D eigenvalue weighted by atomic mass is 32.2. The first kappa shape index (κ1) is 17.0. The SMILES string of the molecule is O=C(O)[C@H](O)[C@@H](O)C(=O)O.[2H]C([2H])([2H])N(CC(C)CN1c2ccccc2Sc2ccccc21)C([2H])([2H])[2H]. The van der Waals surface area contributed by atoms with Crippen LogP contribution in [0, 0.1) is 5.92 Å². The Morgan fingerprint density at radius 2 is 1.42 bits per heavy atom. The van der Waals surface area contributed by atoms with Gasteiger partial charge in [-0.05, 0) is 44.1 Å².